The van der Waals surface area contributed by atoms with Crippen LogP contribution in [0.3, 0.4) is 0 Å². The number of aryl methyl sites for hydroxylation is 1. The Bertz CT molecular complexity index is 1240. The van der Waals surface area contributed by atoms with E-state index < -0.39 is 0 Å². The summed E-state index contributed by atoms with van der Waals surface area (Å²) in [5.74, 6) is 0. The Morgan fingerprint density at radius 2 is 1.03 bits per heavy atom. The summed E-state index contributed by atoms with van der Waals surface area (Å²) in [6, 6.07) is 23.1. The second-order valence-corrected chi connectivity index (χ2v) is 15.9. The third-order valence-corrected chi connectivity index (χ3v) is 8.64. The molecule has 0 radical (unpaired) electrons. The Morgan fingerprint density at radius 1 is 0.541 bits per heavy atom. The monoisotopic (exact) mass is 512 g/mol. The van der Waals surface area contributed by atoms with E-state index in [0.717, 1.165) is 0 Å². The van der Waals surface area contributed by atoms with Crippen LogP contribution in [-0.2, 0) is 21.7 Å². The molecule has 0 fully saturated rings. The van der Waals surface area contributed by atoms with Crippen molar-refractivity contribution in [2.45, 2.75) is 112 Å². The number of rotatable bonds is 3. The highest BCUT2D eigenvalue weighted by atomic mass is 31.1. The first-order valence-electron chi connectivity index (χ1n) is 13.8. The van der Waals surface area contributed by atoms with E-state index in [1.54, 1.807) is 0 Å². The fourth-order valence-electron chi connectivity index (χ4n) is 4.72. The first kappa shape index (κ1) is 29.4. The largest absolute Gasteiger partial charge is 0.0622 e. The zero-order valence-corrected chi connectivity index (χ0v) is 26.6. The van der Waals surface area contributed by atoms with Crippen molar-refractivity contribution >= 4 is 18.8 Å². The summed E-state index contributed by atoms with van der Waals surface area (Å²) in [4.78, 5) is 0. The Balaban J connectivity index is 2.46. The summed E-state index contributed by atoms with van der Waals surface area (Å²) >= 11 is 0. The van der Waals surface area contributed by atoms with Crippen molar-refractivity contribution in [2.24, 2.45) is 0 Å². The van der Waals surface area contributed by atoms with Gasteiger partial charge in [0.25, 0.3) is 0 Å². The van der Waals surface area contributed by atoms with Gasteiger partial charge in [0.05, 0.1) is 0 Å². The van der Waals surface area contributed by atoms with Crippen LogP contribution in [0.15, 0.2) is 60.7 Å². The molecule has 0 N–H and O–H groups in total. The van der Waals surface area contributed by atoms with E-state index in [1.165, 1.54) is 57.7 Å². The van der Waals surface area contributed by atoms with Crippen LogP contribution in [0.5, 0.6) is 0 Å². The lowest BCUT2D eigenvalue weighted by molar-refractivity contribution is 0.554. The molecule has 0 atom stereocenters. The third kappa shape index (κ3) is 6.83. The molecule has 0 nitrogen and oxygen atoms in total. The topological polar surface area (TPSA) is 0 Å². The number of hydrogen-bond donors (Lipinski definition) is 0. The molecular weight excluding hydrogens is 463 g/mol. The van der Waals surface area contributed by atoms with E-state index in [9.17, 15) is 0 Å². The van der Waals surface area contributed by atoms with Gasteiger partial charge in [0.15, 0.2) is 0 Å². The van der Waals surface area contributed by atoms with Gasteiger partial charge in [0.2, 0.25) is 0 Å². The fraction of sp³-hybridized carbons (Fsp3) is 0.472. The summed E-state index contributed by atoms with van der Waals surface area (Å²) in [6.07, 6.45) is 0. The van der Waals surface area contributed by atoms with Gasteiger partial charge in [-0.05, 0) is 67.5 Å². The quantitative estimate of drug-likeness (QED) is 0.306. The van der Waals surface area contributed by atoms with E-state index in [0.29, 0.717) is 0 Å². The molecule has 37 heavy (non-hydrogen) atoms. The average molecular weight is 513 g/mol. The highest BCUT2D eigenvalue weighted by Crippen LogP contribution is 2.37. The van der Waals surface area contributed by atoms with E-state index >= 15 is 0 Å². The molecule has 0 spiro atoms. The number of hydrogen-bond acceptors (Lipinski definition) is 0. The molecule has 0 aromatic heterocycles. The van der Waals surface area contributed by atoms with Crippen molar-refractivity contribution < 1.29 is 0 Å². The van der Waals surface area contributed by atoms with Crippen molar-refractivity contribution in [3.63, 3.8) is 0 Å². The smallest absolute Gasteiger partial charge is 0.0171 e. The lowest BCUT2D eigenvalue weighted by Crippen LogP contribution is -2.30. The maximum atomic E-state index is 2.50. The maximum Gasteiger partial charge on any atom is 0.0171 e. The lowest BCUT2D eigenvalue weighted by atomic mass is 9.75. The molecule has 3 aromatic rings. The first-order valence-corrected chi connectivity index (χ1v) is 14.6. The number of benzene rings is 3. The minimum Gasteiger partial charge on any atom is -0.0622 e. The summed E-state index contributed by atoms with van der Waals surface area (Å²) in [5, 5.41) is 2.85. The summed E-state index contributed by atoms with van der Waals surface area (Å²) in [6.45, 7) is 30.4. The van der Waals surface area contributed by atoms with Gasteiger partial charge in [-0.25, -0.2) is 0 Å². The molecule has 0 aliphatic heterocycles. The Hall–Kier alpha value is -2.17. The second-order valence-electron chi connectivity index (χ2n) is 14.8. The molecule has 0 saturated carbocycles. The van der Waals surface area contributed by atoms with Gasteiger partial charge in [0.1, 0.15) is 0 Å². The Kier molecular flexibility index (Phi) is 8.09. The molecule has 0 saturated heterocycles. The van der Waals surface area contributed by atoms with Crippen LogP contribution >= 0.6 is 8.20 Å². The maximum absolute atomic E-state index is 2.50. The Morgan fingerprint density at radius 3 is 1.43 bits per heavy atom. The molecule has 0 aliphatic carbocycles. The predicted molar refractivity (Wildman–Crippen MR) is 169 cm³/mol. The zero-order chi connectivity index (χ0) is 28.0. The van der Waals surface area contributed by atoms with Gasteiger partial charge in [-0.1, -0.05) is 152 Å². The van der Waals surface area contributed by atoms with Crippen LogP contribution in [-0.4, -0.2) is 5.29 Å². The third-order valence-electron chi connectivity index (χ3n) is 7.21. The molecular formula is C36H49P. The van der Waals surface area contributed by atoms with E-state index in [4.69, 9.17) is 0 Å². The fourth-order valence-corrected chi connectivity index (χ4v) is 6.63. The van der Waals surface area contributed by atoms with E-state index in [1.807, 2.05) is 0 Å². The van der Waals surface area contributed by atoms with Crippen molar-refractivity contribution in [1.29, 1.82) is 0 Å². The van der Waals surface area contributed by atoms with Gasteiger partial charge < -0.3 is 0 Å². The van der Waals surface area contributed by atoms with Crippen LogP contribution in [0.25, 0.3) is 0 Å². The molecule has 0 unspecified atom stereocenters. The van der Waals surface area contributed by atoms with E-state index in [2.05, 4.69) is 151 Å². The Labute approximate surface area is 229 Å². The summed E-state index contributed by atoms with van der Waals surface area (Å²) < 4.78 is 0. The van der Waals surface area contributed by atoms with Crippen LogP contribution in [0, 0.1) is 6.92 Å². The van der Waals surface area contributed by atoms with Crippen molar-refractivity contribution in [3.05, 3.63) is 99.6 Å². The van der Waals surface area contributed by atoms with Crippen LogP contribution in [0.1, 0.15) is 122 Å². The van der Waals surface area contributed by atoms with Gasteiger partial charge >= 0.3 is 0 Å². The second kappa shape index (κ2) is 10.2. The molecule has 0 amide bonds. The van der Waals surface area contributed by atoms with E-state index in [-0.39, 0.29) is 21.7 Å². The molecule has 0 bridgehead atoms. The highest BCUT2D eigenvalue weighted by molar-refractivity contribution is 7.50. The first-order chi connectivity index (χ1) is 16.8. The molecule has 0 heterocycles. The van der Waals surface area contributed by atoms with Crippen molar-refractivity contribution in [1.82, 2.24) is 0 Å². The van der Waals surface area contributed by atoms with Crippen LogP contribution in [0.4, 0.5) is 0 Å². The van der Waals surface area contributed by atoms with Gasteiger partial charge in [-0.2, -0.15) is 0 Å². The minimum absolute atomic E-state index is 0.0382. The molecule has 0 aliphatic rings. The highest BCUT2D eigenvalue weighted by Gasteiger charge is 2.29. The molecule has 3 rings (SSSR count). The van der Waals surface area contributed by atoms with Gasteiger partial charge in [-0.3, -0.25) is 0 Å². The van der Waals surface area contributed by atoms with Crippen molar-refractivity contribution in [2.75, 3.05) is 0 Å². The standard InChI is InChI=1S/C36H49P/c1-24-21-26(33(2,3)4)19-20-28(24)31(25-17-15-14-16-18-25)37-32-29(35(8,9)10)22-27(34(5,6)7)23-30(32)36(11,12)13/h14-23H,1-13H3. The molecule has 1 heteroatoms. The molecule has 3 aromatic carbocycles. The SMILES string of the molecule is Cc1cc(C(C)(C)C)ccc1C(=Pc1c(C(C)(C)C)cc(C(C)(C)C)cc1C(C)(C)C)c1ccccc1. The normalized spacial score (nSPS) is 13.7. The van der Waals surface area contributed by atoms with Gasteiger partial charge in [-0.15, -0.1) is 0 Å². The minimum atomic E-state index is 0.0382. The average Bonchev–Trinajstić information content (AvgIpc) is 2.75. The lowest BCUT2D eigenvalue weighted by Gasteiger charge is -2.33. The predicted octanol–water partition coefficient (Wildman–Crippen LogP) is 10.0. The molecule has 198 valence electrons. The van der Waals surface area contributed by atoms with Crippen LogP contribution in [0.2, 0.25) is 0 Å². The van der Waals surface area contributed by atoms with Crippen LogP contribution < -0.4 is 5.30 Å². The summed E-state index contributed by atoms with van der Waals surface area (Å²) in [7, 11) is 1.27. The van der Waals surface area contributed by atoms with Crippen molar-refractivity contribution in [3.8, 4) is 0 Å². The summed E-state index contributed by atoms with van der Waals surface area (Å²) in [5.41, 5.74) is 10.0. The zero-order valence-electron chi connectivity index (χ0n) is 25.7. The van der Waals surface area contributed by atoms with Gasteiger partial charge in [0, 0.05) is 10.6 Å².